The first kappa shape index (κ1) is 10.1. The molecule has 0 spiro atoms. The molecule has 0 unspecified atom stereocenters. The van der Waals surface area contributed by atoms with Crippen LogP contribution in [0.5, 0.6) is 5.88 Å². The Labute approximate surface area is 83.3 Å². The van der Waals surface area contributed by atoms with Gasteiger partial charge in [-0.1, -0.05) is 0 Å². The van der Waals surface area contributed by atoms with Crippen LogP contribution < -0.4 is 4.74 Å². The van der Waals surface area contributed by atoms with Gasteiger partial charge in [0.2, 0.25) is 5.88 Å². The summed E-state index contributed by atoms with van der Waals surface area (Å²) in [4.78, 5) is 4.10. The van der Waals surface area contributed by atoms with Crippen molar-refractivity contribution in [3.8, 4) is 24.3 Å². The standard InChI is InChI=1S/C11H10N2O/c1-3-4-7-14-11-6-5-10(8-12)9(2)13-11/h1,5-6H,4,7H2,2H3. The Balaban J connectivity index is 2.69. The SMILES string of the molecule is C#CCCOc1ccc(C#N)c(C)n1. The highest BCUT2D eigenvalue weighted by molar-refractivity contribution is 5.34. The van der Waals surface area contributed by atoms with Gasteiger partial charge in [0.1, 0.15) is 12.7 Å². The van der Waals surface area contributed by atoms with Gasteiger partial charge in [0.25, 0.3) is 0 Å². The van der Waals surface area contributed by atoms with Crippen molar-refractivity contribution >= 4 is 0 Å². The molecular weight excluding hydrogens is 176 g/mol. The van der Waals surface area contributed by atoms with Crippen LogP contribution in [0.25, 0.3) is 0 Å². The molecule has 0 bridgehead atoms. The van der Waals surface area contributed by atoms with Crippen molar-refractivity contribution in [3.05, 3.63) is 23.4 Å². The fourth-order valence-corrected chi connectivity index (χ4v) is 0.951. The Morgan fingerprint density at radius 1 is 1.57 bits per heavy atom. The number of ether oxygens (including phenoxy) is 1. The third-order valence-electron chi connectivity index (χ3n) is 1.68. The molecule has 0 aliphatic carbocycles. The van der Waals surface area contributed by atoms with Crippen molar-refractivity contribution in [2.24, 2.45) is 0 Å². The maximum absolute atomic E-state index is 8.67. The Kier molecular flexibility index (Phi) is 3.52. The first-order valence-corrected chi connectivity index (χ1v) is 4.22. The summed E-state index contributed by atoms with van der Waals surface area (Å²) in [7, 11) is 0. The van der Waals surface area contributed by atoms with E-state index < -0.39 is 0 Å². The van der Waals surface area contributed by atoms with Crippen molar-refractivity contribution in [2.45, 2.75) is 13.3 Å². The third kappa shape index (κ3) is 2.50. The van der Waals surface area contributed by atoms with Crippen LogP contribution in [0.2, 0.25) is 0 Å². The molecule has 1 heterocycles. The van der Waals surface area contributed by atoms with E-state index in [0.29, 0.717) is 30.2 Å². The lowest BCUT2D eigenvalue weighted by molar-refractivity contribution is 0.314. The maximum Gasteiger partial charge on any atom is 0.213 e. The lowest BCUT2D eigenvalue weighted by Gasteiger charge is -2.03. The van der Waals surface area contributed by atoms with Gasteiger partial charge in [-0.2, -0.15) is 5.26 Å². The molecule has 3 heteroatoms. The largest absolute Gasteiger partial charge is 0.477 e. The minimum Gasteiger partial charge on any atom is -0.477 e. The molecule has 0 saturated carbocycles. The van der Waals surface area contributed by atoms with E-state index in [1.807, 2.05) is 6.07 Å². The smallest absolute Gasteiger partial charge is 0.213 e. The quantitative estimate of drug-likeness (QED) is 0.532. The number of pyridine rings is 1. The van der Waals surface area contributed by atoms with Gasteiger partial charge in [-0.15, -0.1) is 12.3 Å². The first-order valence-electron chi connectivity index (χ1n) is 4.22. The average Bonchev–Trinajstić information content (AvgIpc) is 2.18. The molecule has 0 amide bonds. The average molecular weight is 186 g/mol. The number of aryl methyl sites for hydroxylation is 1. The molecule has 0 aromatic carbocycles. The van der Waals surface area contributed by atoms with Crippen LogP contribution in [0, 0.1) is 30.6 Å². The summed E-state index contributed by atoms with van der Waals surface area (Å²) in [5.74, 6) is 2.98. The number of terminal acetylenes is 1. The molecule has 0 aliphatic rings. The van der Waals surface area contributed by atoms with Gasteiger partial charge in [-0.25, -0.2) is 4.98 Å². The molecule has 1 aromatic heterocycles. The number of aromatic nitrogens is 1. The lowest BCUT2D eigenvalue weighted by Crippen LogP contribution is -1.99. The lowest BCUT2D eigenvalue weighted by atomic mass is 10.2. The van der Waals surface area contributed by atoms with Crippen molar-refractivity contribution in [2.75, 3.05) is 6.61 Å². The van der Waals surface area contributed by atoms with E-state index in [1.54, 1.807) is 19.1 Å². The highest BCUT2D eigenvalue weighted by Gasteiger charge is 2.00. The molecule has 0 atom stereocenters. The van der Waals surface area contributed by atoms with Gasteiger partial charge < -0.3 is 4.74 Å². The van der Waals surface area contributed by atoms with Crippen molar-refractivity contribution < 1.29 is 4.74 Å². The maximum atomic E-state index is 8.67. The van der Waals surface area contributed by atoms with Gasteiger partial charge in [-0.3, -0.25) is 0 Å². The van der Waals surface area contributed by atoms with Crippen molar-refractivity contribution in [3.63, 3.8) is 0 Å². The number of hydrogen-bond acceptors (Lipinski definition) is 3. The molecule has 14 heavy (non-hydrogen) atoms. The summed E-state index contributed by atoms with van der Waals surface area (Å²) < 4.78 is 5.26. The summed E-state index contributed by atoms with van der Waals surface area (Å²) >= 11 is 0. The predicted octanol–water partition coefficient (Wildman–Crippen LogP) is 1.66. The summed E-state index contributed by atoms with van der Waals surface area (Å²) in [6.07, 6.45) is 5.63. The Morgan fingerprint density at radius 3 is 2.93 bits per heavy atom. The Bertz CT molecular complexity index is 399. The monoisotopic (exact) mass is 186 g/mol. The molecule has 0 saturated heterocycles. The van der Waals surface area contributed by atoms with Crippen LogP contribution in [0.4, 0.5) is 0 Å². The molecule has 0 radical (unpaired) electrons. The molecule has 3 nitrogen and oxygen atoms in total. The van der Waals surface area contributed by atoms with Gasteiger partial charge in [-0.05, 0) is 13.0 Å². The van der Waals surface area contributed by atoms with Crippen molar-refractivity contribution in [1.82, 2.24) is 4.98 Å². The van der Waals surface area contributed by atoms with E-state index >= 15 is 0 Å². The van der Waals surface area contributed by atoms with Crippen LogP contribution in [0.3, 0.4) is 0 Å². The van der Waals surface area contributed by atoms with E-state index in [2.05, 4.69) is 10.9 Å². The van der Waals surface area contributed by atoms with Crippen LogP contribution >= 0.6 is 0 Å². The summed E-state index contributed by atoms with van der Waals surface area (Å²) in [5.41, 5.74) is 1.24. The van der Waals surface area contributed by atoms with E-state index in [9.17, 15) is 0 Å². The highest BCUT2D eigenvalue weighted by Crippen LogP contribution is 2.11. The number of rotatable bonds is 3. The van der Waals surface area contributed by atoms with Crippen LogP contribution in [0.15, 0.2) is 12.1 Å². The fourth-order valence-electron chi connectivity index (χ4n) is 0.951. The van der Waals surface area contributed by atoms with Gasteiger partial charge in [0.05, 0.1) is 11.3 Å². The Hall–Kier alpha value is -2.00. The topological polar surface area (TPSA) is 45.9 Å². The zero-order valence-corrected chi connectivity index (χ0v) is 7.95. The molecule has 0 aliphatic heterocycles. The third-order valence-corrected chi connectivity index (χ3v) is 1.68. The van der Waals surface area contributed by atoms with Crippen LogP contribution in [-0.4, -0.2) is 11.6 Å². The second kappa shape index (κ2) is 4.89. The van der Waals surface area contributed by atoms with Gasteiger partial charge in [0, 0.05) is 12.5 Å². The number of nitriles is 1. The number of nitrogens with zero attached hydrogens (tertiary/aromatic N) is 2. The van der Waals surface area contributed by atoms with Gasteiger partial charge >= 0.3 is 0 Å². The van der Waals surface area contributed by atoms with Crippen LogP contribution in [0.1, 0.15) is 17.7 Å². The van der Waals surface area contributed by atoms with Gasteiger partial charge in [0.15, 0.2) is 0 Å². The molecule has 0 N–H and O–H groups in total. The molecular formula is C11H10N2O. The zero-order chi connectivity index (χ0) is 10.4. The second-order valence-corrected chi connectivity index (χ2v) is 2.70. The fraction of sp³-hybridized carbons (Fsp3) is 0.273. The predicted molar refractivity (Wildman–Crippen MR) is 52.6 cm³/mol. The normalized spacial score (nSPS) is 8.79. The minimum absolute atomic E-state index is 0.453. The first-order chi connectivity index (χ1) is 6.77. The minimum atomic E-state index is 0.453. The van der Waals surface area contributed by atoms with E-state index in [-0.39, 0.29) is 0 Å². The van der Waals surface area contributed by atoms with E-state index in [4.69, 9.17) is 16.4 Å². The van der Waals surface area contributed by atoms with E-state index in [1.165, 1.54) is 0 Å². The van der Waals surface area contributed by atoms with Crippen molar-refractivity contribution in [1.29, 1.82) is 5.26 Å². The second-order valence-electron chi connectivity index (χ2n) is 2.70. The zero-order valence-electron chi connectivity index (χ0n) is 7.95. The molecule has 1 rings (SSSR count). The van der Waals surface area contributed by atoms with E-state index in [0.717, 1.165) is 0 Å². The summed E-state index contributed by atoms with van der Waals surface area (Å²) in [6, 6.07) is 5.40. The summed E-state index contributed by atoms with van der Waals surface area (Å²) in [6.45, 7) is 2.22. The molecule has 0 fully saturated rings. The molecule has 1 aromatic rings. The highest BCUT2D eigenvalue weighted by atomic mass is 16.5. The van der Waals surface area contributed by atoms with Crippen LogP contribution in [-0.2, 0) is 0 Å². The summed E-state index contributed by atoms with van der Waals surface area (Å²) in [5, 5.41) is 8.67. The molecule has 70 valence electrons. The number of hydrogen-bond donors (Lipinski definition) is 0. The Morgan fingerprint density at radius 2 is 2.36 bits per heavy atom.